The number of hydrogen-bond donors (Lipinski definition) is 3. The third-order valence-corrected chi connectivity index (χ3v) is 6.25. The van der Waals surface area contributed by atoms with E-state index in [-0.39, 0.29) is 17.5 Å². The number of nitrogens with one attached hydrogen (secondary N) is 2. The molecule has 1 aromatic heterocycles. The molecular formula is C22H29FN3O2S+. The molecule has 0 aliphatic heterocycles. The van der Waals surface area contributed by atoms with Gasteiger partial charge in [0.05, 0.1) is 17.8 Å². The van der Waals surface area contributed by atoms with Crippen LogP contribution in [0.5, 0.6) is 0 Å². The molecule has 2 amide bonds. The van der Waals surface area contributed by atoms with Crippen LogP contribution in [0.2, 0.25) is 0 Å². The second-order valence-corrected chi connectivity index (χ2v) is 9.27. The average Bonchev–Trinajstić information content (AvgIpc) is 3.00. The summed E-state index contributed by atoms with van der Waals surface area (Å²) in [5, 5.41) is 8.15. The number of thiophene rings is 1. The zero-order valence-corrected chi connectivity index (χ0v) is 18.0. The van der Waals surface area contributed by atoms with E-state index in [9.17, 15) is 14.0 Å². The quantitative estimate of drug-likeness (QED) is 0.645. The molecule has 0 fully saturated rings. The van der Waals surface area contributed by atoms with Crippen LogP contribution in [0.15, 0.2) is 24.3 Å². The summed E-state index contributed by atoms with van der Waals surface area (Å²) >= 11 is 1.48. The molecule has 29 heavy (non-hydrogen) atoms. The van der Waals surface area contributed by atoms with Gasteiger partial charge < -0.3 is 16.0 Å². The Balaban J connectivity index is 1.83. The number of amides is 2. The molecule has 2 aromatic rings. The number of carbonyl (C=O) groups excluding carboxylic acids is 2. The zero-order valence-electron chi connectivity index (χ0n) is 17.2. The first kappa shape index (κ1) is 21.5. The van der Waals surface area contributed by atoms with Gasteiger partial charge in [-0.05, 0) is 42.9 Å². The smallest absolute Gasteiger partial charge is 0.280 e. The lowest BCUT2D eigenvalue weighted by atomic mass is 9.88. The Kier molecular flexibility index (Phi) is 7.03. The number of carbonyl (C=O) groups is 2. The van der Waals surface area contributed by atoms with Gasteiger partial charge in [-0.15, -0.1) is 11.3 Å². The summed E-state index contributed by atoms with van der Waals surface area (Å²) in [6.45, 7) is 7.58. The van der Waals surface area contributed by atoms with Gasteiger partial charge in [-0.3, -0.25) is 9.59 Å². The molecule has 0 bridgehead atoms. The first-order valence-corrected chi connectivity index (χ1v) is 11.0. The monoisotopic (exact) mass is 418 g/mol. The Morgan fingerprint density at radius 3 is 2.76 bits per heavy atom. The fourth-order valence-electron chi connectivity index (χ4n) is 3.55. The second-order valence-electron chi connectivity index (χ2n) is 8.16. The van der Waals surface area contributed by atoms with Gasteiger partial charge in [0, 0.05) is 10.8 Å². The van der Waals surface area contributed by atoms with Crippen molar-refractivity contribution in [3.63, 3.8) is 0 Å². The van der Waals surface area contributed by atoms with Crippen LogP contribution in [-0.4, -0.2) is 24.9 Å². The lowest BCUT2D eigenvalue weighted by Gasteiger charge is -2.18. The van der Waals surface area contributed by atoms with Crippen molar-refractivity contribution in [1.29, 1.82) is 0 Å². The van der Waals surface area contributed by atoms with E-state index in [1.807, 2.05) is 5.32 Å². The molecule has 4 N–H and O–H groups in total. The molecular weight excluding hydrogens is 389 g/mol. The van der Waals surface area contributed by atoms with Crippen molar-refractivity contribution in [2.24, 2.45) is 11.8 Å². The van der Waals surface area contributed by atoms with Crippen molar-refractivity contribution >= 4 is 33.8 Å². The van der Waals surface area contributed by atoms with Gasteiger partial charge in [0.1, 0.15) is 10.8 Å². The molecule has 0 saturated heterocycles. The topological polar surface area (TPSA) is 74.8 Å². The van der Waals surface area contributed by atoms with Gasteiger partial charge in [-0.25, -0.2) is 4.39 Å². The first-order valence-electron chi connectivity index (χ1n) is 10.2. The van der Waals surface area contributed by atoms with E-state index in [2.05, 4.69) is 31.4 Å². The summed E-state index contributed by atoms with van der Waals surface area (Å²) in [7, 11) is 0. The fourth-order valence-corrected chi connectivity index (χ4v) is 4.98. The predicted octanol–water partition coefficient (Wildman–Crippen LogP) is 3.42. The number of nitrogens with two attached hydrogens (primary N) is 1. The maximum atomic E-state index is 14.0. The normalized spacial score (nSPS) is 15.8. The van der Waals surface area contributed by atoms with Crippen molar-refractivity contribution < 1.29 is 19.3 Å². The van der Waals surface area contributed by atoms with Crippen LogP contribution in [-0.2, 0) is 17.6 Å². The summed E-state index contributed by atoms with van der Waals surface area (Å²) in [5.74, 6) is 0.0697. The van der Waals surface area contributed by atoms with Crippen molar-refractivity contribution in [3.8, 4) is 0 Å². The van der Waals surface area contributed by atoms with Crippen molar-refractivity contribution in [3.05, 3.63) is 46.1 Å². The standard InChI is InChI=1S/C22H28FN3O2S/c1-13(2)11-24-12-19(27)26-22-20(15-9-8-14(3)10-18(15)29-22)21(28)25-17-7-5-4-6-16(17)23/h4-7,13-14,24H,8-12H2,1-3H3,(H,25,28)(H,26,27)/p+1/t14-/m0/s1. The summed E-state index contributed by atoms with van der Waals surface area (Å²) < 4.78 is 14.0. The van der Waals surface area contributed by atoms with E-state index in [4.69, 9.17) is 0 Å². The first-order chi connectivity index (χ1) is 13.8. The summed E-state index contributed by atoms with van der Waals surface area (Å²) in [6.07, 6.45) is 2.69. The van der Waals surface area contributed by atoms with Crippen LogP contribution in [0, 0.1) is 17.7 Å². The number of benzene rings is 1. The molecule has 0 unspecified atom stereocenters. The molecule has 5 nitrogen and oxygen atoms in total. The molecule has 7 heteroatoms. The highest BCUT2D eigenvalue weighted by Gasteiger charge is 2.29. The van der Waals surface area contributed by atoms with Crippen molar-refractivity contribution in [1.82, 2.24) is 0 Å². The minimum atomic E-state index is -0.479. The maximum absolute atomic E-state index is 14.0. The molecule has 1 aliphatic rings. The van der Waals surface area contributed by atoms with Crippen LogP contribution >= 0.6 is 11.3 Å². The van der Waals surface area contributed by atoms with Crippen LogP contribution in [0.25, 0.3) is 0 Å². The maximum Gasteiger partial charge on any atom is 0.280 e. The summed E-state index contributed by atoms with van der Waals surface area (Å²) in [6, 6.07) is 6.11. The second kappa shape index (κ2) is 9.50. The zero-order chi connectivity index (χ0) is 21.0. The van der Waals surface area contributed by atoms with E-state index >= 15 is 0 Å². The lowest BCUT2D eigenvalue weighted by molar-refractivity contribution is -0.648. The molecule has 0 radical (unpaired) electrons. The number of halogens is 1. The predicted molar refractivity (Wildman–Crippen MR) is 115 cm³/mol. The molecule has 1 heterocycles. The number of rotatable bonds is 7. The van der Waals surface area contributed by atoms with Gasteiger partial charge in [0.15, 0.2) is 6.54 Å². The van der Waals surface area contributed by atoms with E-state index in [0.29, 0.717) is 28.9 Å². The lowest BCUT2D eigenvalue weighted by Crippen LogP contribution is -2.87. The van der Waals surface area contributed by atoms with Crippen LogP contribution in [0.4, 0.5) is 15.1 Å². The van der Waals surface area contributed by atoms with Gasteiger partial charge in [-0.2, -0.15) is 0 Å². The van der Waals surface area contributed by atoms with Crippen molar-refractivity contribution in [2.45, 2.75) is 40.0 Å². The Morgan fingerprint density at radius 1 is 1.28 bits per heavy atom. The van der Waals surface area contributed by atoms with Gasteiger partial charge in [0.2, 0.25) is 0 Å². The average molecular weight is 419 g/mol. The van der Waals surface area contributed by atoms with E-state index in [0.717, 1.165) is 36.2 Å². The minimum absolute atomic E-state index is 0.128. The van der Waals surface area contributed by atoms with Gasteiger partial charge in [-0.1, -0.05) is 32.9 Å². The number of anilines is 2. The SMILES string of the molecule is CC(C)C[NH2+]CC(=O)Nc1sc2c(c1C(=O)Nc1ccccc1F)CC[C@H](C)C2. The highest BCUT2D eigenvalue weighted by molar-refractivity contribution is 7.17. The Bertz CT molecular complexity index is 894. The van der Waals surface area contributed by atoms with Crippen molar-refractivity contribution in [2.75, 3.05) is 23.7 Å². The third kappa shape index (κ3) is 5.42. The molecule has 1 atom stereocenters. The summed E-state index contributed by atoms with van der Waals surface area (Å²) in [4.78, 5) is 26.6. The van der Waals surface area contributed by atoms with Gasteiger partial charge >= 0.3 is 0 Å². The molecule has 1 aromatic carbocycles. The Hall–Kier alpha value is -2.25. The number of fused-ring (bicyclic) bond motifs is 1. The number of para-hydroxylation sites is 1. The highest BCUT2D eigenvalue weighted by atomic mass is 32.1. The van der Waals surface area contributed by atoms with E-state index < -0.39 is 5.82 Å². The number of quaternary nitrogens is 1. The van der Waals surface area contributed by atoms with Gasteiger partial charge in [0.25, 0.3) is 11.8 Å². The minimum Gasteiger partial charge on any atom is -0.338 e. The molecule has 3 rings (SSSR count). The van der Waals surface area contributed by atoms with Crippen LogP contribution in [0.3, 0.4) is 0 Å². The van der Waals surface area contributed by atoms with Crippen LogP contribution in [0.1, 0.15) is 48.0 Å². The van der Waals surface area contributed by atoms with E-state index in [1.165, 1.54) is 23.5 Å². The largest absolute Gasteiger partial charge is 0.338 e. The fraction of sp³-hybridized carbons (Fsp3) is 0.455. The van der Waals surface area contributed by atoms with E-state index in [1.54, 1.807) is 12.1 Å². The molecule has 0 saturated carbocycles. The number of hydrogen-bond acceptors (Lipinski definition) is 3. The Labute approximate surface area is 175 Å². The van der Waals surface area contributed by atoms with Crippen LogP contribution < -0.4 is 16.0 Å². The molecule has 156 valence electrons. The highest BCUT2D eigenvalue weighted by Crippen LogP contribution is 2.40. The summed E-state index contributed by atoms with van der Waals surface area (Å²) in [5.41, 5.74) is 1.62. The third-order valence-electron chi connectivity index (χ3n) is 5.08. The molecule has 1 aliphatic carbocycles. The Morgan fingerprint density at radius 2 is 2.03 bits per heavy atom. The molecule has 0 spiro atoms.